The first-order chi connectivity index (χ1) is 19.0. The number of allylic oxidation sites excluding steroid dienone is 2. The number of likely N-dealkylation sites (tertiary alicyclic amines) is 1. The minimum atomic E-state index is -0.338. The van der Waals surface area contributed by atoms with Crippen molar-refractivity contribution in [3.8, 4) is 11.5 Å². The number of piperidine rings is 1. The zero-order valence-corrected chi connectivity index (χ0v) is 23.6. The van der Waals surface area contributed by atoms with Crippen LogP contribution in [-0.2, 0) is 11.3 Å². The number of amides is 1. The van der Waals surface area contributed by atoms with Crippen LogP contribution < -0.4 is 15.1 Å². The molecule has 3 heterocycles. The van der Waals surface area contributed by atoms with Crippen LogP contribution in [0.15, 0.2) is 75.0 Å². The Morgan fingerprint density at radius 3 is 2.38 bits per heavy atom. The van der Waals surface area contributed by atoms with E-state index in [-0.39, 0.29) is 41.8 Å². The number of methoxy groups -OCH3 is 2. The molecule has 0 N–H and O–H groups in total. The van der Waals surface area contributed by atoms with Gasteiger partial charge in [0.2, 0.25) is 5.91 Å². The third kappa shape index (κ3) is 5.38. The maximum atomic E-state index is 13.7. The minimum absolute atomic E-state index is 0. The van der Waals surface area contributed by atoms with Gasteiger partial charge in [-0.2, -0.15) is 5.10 Å². The molecular weight excluding hydrogens is 530 g/mol. The van der Waals surface area contributed by atoms with E-state index in [1.54, 1.807) is 25.3 Å². The number of hydrogen-bond donors (Lipinski definition) is 0. The van der Waals surface area contributed by atoms with Crippen molar-refractivity contribution in [3.05, 3.63) is 82.2 Å². The Kier molecular flexibility index (Phi) is 8.28. The van der Waals surface area contributed by atoms with Gasteiger partial charge in [-0.3, -0.25) is 9.69 Å². The largest absolute Gasteiger partial charge is 0.493 e. The molecule has 2 aliphatic heterocycles. The first kappa shape index (κ1) is 27.9. The number of hydrazone groups is 1. The lowest BCUT2D eigenvalue weighted by Gasteiger charge is -2.42. The molecule has 2 aromatic carbocycles. The summed E-state index contributed by atoms with van der Waals surface area (Å²) in [6.07, 6.45) is 7.54. The summed E-state index contributed by atoms with van der Waals surface area (Å²) in [5.74, 6) is 1.43. The maximum Gasteiger partial charge on any atom is 0.336 e. The van der Waals surface area contributed by atoms with E-state index in [0.717, 1.165) is 67.5 Å². The highest BCUT2D eigenvalue weighted by molar-refractivity contribution is 6.07. The molecule has 2 atom stereocenters. The fourth-order valence-electron chi connectivity index (χ4n) is 6.11. The van der Waals surface area contributed by atoms with Crippen molar-refractivity contribution in [2.24, 2.45) is 16.9 Å². The second-order valence-electron chi connectivity index (χ2n) is 10.5. The summed E-state index contributed by atoms with van der Waals surface area (Å²) in [6, 6.07) is 15.2. The van der Waals surface area contributed by atoms with Crippen LogP contribution in [0.5, 0.6) is 11.5 Å². The second-order valence-corrected chi connectivity index (χ2v) is 10.5. The van der Waals surface area contributed by atoms with Crippen LogP contribution in [0.2, 0.25) is 0 Å². The molecule has 40 heavy (non-hydrogen) atoms. The van der Waals surface area contributed by atoms with E-state index in [4.69, 9.17) is 19.0 Å². The number of nitrogens with zero attached hydrogens (tertiary/aromatic N) is 3. The molecule has 6 rings (SSSR count). The molecule has 0 bridgehead atoms. The summed E-state index contributed by atoms with van der Waals surface area (Å²) >= 11 is 0. The SMILES string of the molecule is COc1ccc(C2=NN(C3CCN(Cc4ccc5ccc(=O)oc5c4)CC3)C(=O)[C@@H]3CC=CC[C@H]23)cc1OC.Cl. The molecule has 0 unspecified atom stereocenters. The van der Waals surface area contributed by atoms with Crippen LogP contribution in [0, 0.1) is 11.8 Å². The molecule has 210 valence electrons. The van der Waals surface area contributed by atoms with Gasteiger partial charge in [-0.1, -0.05) is 24.3 Å². The minimum Gasteiger partial charge on any atom is -0.493 e. The van der Waals surface area contributed by atoms with Gasteiger partial charge in [0.15, 0.2) is 11.5 Å². The van der Waals surface area contributed by atoms with E-state index < -0.39 is 0 Å². The third-order valence-corrected chi connectivity index (χ3v) is 8.22. The highest BCUT2D eigenvalue weighted by atomic mass is 35.5. The highest BCUT2D eigenvalue weighted by Gasteiger charge is 2.42. The van der Waals surface area contributed by atoms with Gasteiger partial charge in [0.05, 0.1) is 31.9 Å². The lowest BCUT2D eigenvalue weighted by atomic mass is 9.76. The standard InChI is InChI=1S/C31H33N3O5.ClH/c1-37-26-11-9-22(18-28(26)38-2)30-24-5-3-4-6-25(24)31(36)34(32-30)23-13-15-33(16-14-23)19-20-7-8-21-10-12-29(35)39-27(21)17-20;/h3-4,7-12,17-18,23-25H,5-6,13-16,19H2,1-2H3;1H/t24-,25+;/m0./s1. The predicted molar refractivity (Wildman–Crippen MR) is 156 cm³/mol. The average molecular weight is 564 g/mol. The Bertz CT molecular complexity index is 1510. The van der Waals surface area contributed by atoms with Crippen molar-refractivity contribution in [1.82, 2.24) is 9.91 Å². The van der Waals surface area contributed by atoms with E-state index >= 15 is 0 Å². The number of carbonyl (C=O) groups is 1. The van der Waals surface area contributed by atoms with Gasteiger partial charge in [-0.15, -0.1) is 12.4 Å². The molecule has 0 saturated carbocycles. The van der Waals surface area contributed by atoms with E-state index in [2.05, 4.69) is 23.1 Å². The van der Waals surface area contributed by atoms with Crippen LogP contribution in [0.3, 0.4) is 0 Å². The monoisotopic (exact) mass is 563 g/mol. The van der Waals surface area contributed by atoms with Crippen LogP contribution in [-0.4, -0.2) is 54.9 Å². The number of benzene rings is 2. The fourth-order valence-corrected chi connectivity index (χ4v) is 6.11. The quantitative estimate of drug-likeness (QED) is 0.309. The zero-order chi connectivity index (χ0) is 26.9. The number of rotatable bonds is 6. The summed E-state index contributed by atoms with van der Waals surface area (Å²) in [5, 5.41) is 7.74. The maximum absolute atomic E-state index is 13.7. The number of hydrogen-bond acceptors (Lipinski definition) is 7. The van der Waals surface area contributed by atoms with Gasteiger partial charge < -0.3 is 13.9 Å². The predicted octanol–water partition coefficient (Wildman–Crippen LogP) is 5.03. The number of carbonyl (C=O) groups excluding carboxylic acids is 1. The average Bonchev–Trinajstić information content (AvgIpc) is 2.97. The normalized spacial score (nSPS) is 21.5. The van der Waals surface area contributed by atoms with Gasteiger partial charge in [0.1, 0.15) is 5.58 Å². The molecule has 0 spiro atoms. The Morgan fingerprint density at radius 2 is 1.62 bits per heavy atom. The summed E-state index contributed by atoms with van der Waals surface area (Å²) in [5.41, 5.74) is 3.30. The lowest BCUT2D eigenvalue weighted by Crippen LogP contribution is -2.52. The second kappa shape index (κ2) is 11.9. The van der Waals surface area contributed by atoms with Crippen LogP contribution in [0.1, 0.15) is 36.8 Å². The Labute approximate surface area is 239 Å². The Balaban J connectivity index is 0.00000323. The first-order valence-electron chi connectivity index (χ1n) is 13.6. The first-order valence-corrected chi connectivity index (χ1v) is 13.6. The van der Waals surface area contributed by atoms with Gasteiger partial charge in [-0.25, -0.2) is 9.80 Å². The fraction of sp³-hybridized carbons (Fsp3) is 0.387. The molecule has 8 nitrogen and oxygen atoms in total. The third-order valence-electron chi connectivity index (χ3n) is 8.22. The Hall–Kier alpha value is -3.62. The summed E-state index contributed by atoms with van der Waals surface area (Å²) in [6.45, 7) is 2.49. The molecule has 1 aliphatic carbocycles. The van der Waals surface area contributed by atoms with Crippen molar-refractivity contribution in [1.29, 1.82) is 0 Å². The molecule has 3 aliphatic rings. The molecule has 1 amide bonds. The topological polar surface area (TPSA) is 84.6 Å². The van der Waals surface area contributed by atoms with Crippen molar-refractivity contribution in [3.63, 3.8) is 0 Å². The molecule has 1 aromatic heterocycles. The van der Waals surface area contributed by atoms with E-state index in [0.29, 0.717) is 17.1 Å². The number of halogens is 1. The van der Waals surface area contributed by atoms with Gasteiger partial charge in [0.25, 0.3) is 0 Å². The highest BCUT2D eigenvalue weighted by Crippen LogP contribution is 2.38. The van der Waals surface area contributed by atoms with Crippen LogP contribution in [0.25, 0.3) is 11.0 Å². The Morgan fingerprint density at radius 1 is 0.900 bits per heavy atom. The summed E-state index contributed by atoms with van der Waals surface area (Å²) < 4.78 is 16.4. The van der Waals surface area contributed by atoms with Gasteiger partial charge >= 0.3 is 5.63 Å². The molecular formula is C31H34ClN3O5. The summed E-state index contributed by atoms with van der Waals surface area (Å²) in [4.78, 5) is 27.7. The van der Waals surface area contributed by atoms with E-state index in [1.165, 1.54) is 6.07 Å². The van der Waals surface area contributed by atoms with Gasteiger partial charge in [-0.05, 0) is 61.6 Å². The van der Waals surface area contributed by atoms with Crippen molar-refractivity contribution >= 4 is 35.0 Å². The molecule has 9 heteroatoms. The van der Waals surface area contributed by atoms with E-state index in [9.17, 15) is 9.59 Å². The molecule has 1 fully saturated rings. The molecule has 3 aromatic rings. The molecule has 0 radical (unpaired) electrons. The van der Waals surface area contributed by atoms with Crippen molar-refractivity contribution in [2.75, 3.05) is 27.3 Å². The van der Waals surface area contributed by atoms with Crippen molar-refractivity contribution in [2.45, 2.75) is 38.3 Å². The van der Waals surface area contributed by atoms with Crippen LogP contribution >= 0.6 is 12.4 Å². The van der Waals surface area contributed by atoms with Crippen molar-refractivity contribution < 1.29 is 18.7 Å². The smallest absolute Gasteiger partial charge is 0.336 e. The number of ether oxygens (including phenoxy) is 2. The summed E-state index contributed by atoms with van der Waals surface area (Å²) in [7, 11) is 3.26. The van der Waals surface area contributed by atoms with Crippen LogP contribution in [0.4, 0.5) is 0 Å². The zero-order valence-electron chi connectivity index (χ0n) is 22.7. The molecule has 1 saturated heterocycles. The van der Waals surface area contributed by atoms with Gasteiger partial charge in [0, 0.05) is 42.6 Å². The number of fused-ring (bicyclic) bond motifs is 2. The lowest BCUT2D eigenvalue weighted by molar-refractivity contribution is -0.141. The van der Waals surface area contributed by atoms with E-state index in [1.807, 2.05) is 30.3 Å².